The summed E-state index contributed by atoms with van der Waals surface area (Å²) in [6, 6.07) is 1.81. The van der Waals surface area contributed by atoms with Gasteiger partial charge in [-0.2, -0.15) is 0 Å². The fourth-order valence-corrected chi connectivity index (χ4v) is 2.54. The van der Waals surface area contributed by atoms with E-state index in [0.29, 0.717) is 12.3 Å². The molecule has 0 amide bonds. The smallest absolute Gasteiger partial charge is 0.374 e. The normalized spacial score (nSPS) is 17.3. The molecular weight excluding hydrogens is 244 g/mol. The highest BCUT2D eigenvalue weighted by molar-refractivity contribution is 5.87. The minimum atomic E-state index is -0.423. The average Bonchev–Trinajstić information content (AvgIpc) is 2.79. The van der Waals surface area contributed by atoms with E-state index in [1.165, 1.54) is 32.6 Å². The lowest BCUT2D eigenvalue weighted by Gasteiger charge is -2.47. The van der Waals surface area contributed by atoms with Crippen LogP contribution >= 0.6 is 0 Å². The van der Waals surface area contributed by atoms with Crippen LogP contribution in [0.4, 0.5) is 0 Å². The van der Waals surface area contributed by atoms with Crippen LogP contribution in [0.1, 0.15) is 35.4 Å². The Hall–Kier alpha value is -1.33. The van der Waals surface area contributed by atoms with Crippen LogP contribution in [0.3, 0.4) is 0 Å². The lowest BCUT2D eigenvalue weighted by Crippen LogP contribution is -2.56. The predicted octanol–water partition coefficient (Wildman–Crippen LogP) is 1.64. The first-order valence-electron chi connectivity index (χ1n) is 6.62. The van der Waals surface area contributed by atoms with E-state index in [-0.39, 0.29) is 5.54 Å². The second kappa shape index (κ2) is 5.75. The van der Waals surface area contributed by atoms with Gasteiger partial charge in [-0.3, -0.25) is 0 Å². The van der Waals surface area contributed by atoms with E-state index in [9.17, 15) is 4.79 Å². The molecule has 1 aromatic heterocycles. The average molecular weight is 266 g/mol. The van der Waals surface area contributed by atoms with Crippen LogP contribution in [0.15, 0.2) is 16.7 Å². The van der Waals surface area contributed by atoms with Crippen LogP contribution in [-0.4, -0.2) is 44.2 Å². The Morgan fingerprint density at radius 3 is 2.79 bits per heavy atom. The lowest BCUT2D eigenvalue weighted by atomic mass is 9.75. The van der Waals surface area contributed by atoms with Gasteiger partial charge in [0.2, 0.25) is 5.76 Å². The molecule has 1 aromatic rings. The van der Waals surface area contributed by atoms with E-state index in [1.54, 1.807) is 0 Å². The molecule has 1 saturated carbocycles. The fourth-order valence-electron chi connectivity index (χ4n) is 2.54. The summed E-state index contributed by atoms with van der Waals surface area (Å²) in [5.41, 5.74) is 1.12. The summed E-state index contributed by atoms with van der Waals surface area (Å²) in [6.45, 7) is 1.54. The predicted molar refractivity (Wildman–Crippen MR) is 72.0 cm³/mol. The van der Waals surface area contributed by atoms with Crippen molar-refractivity contribution in [3.63, 3.8) is 0 Å². The topological polar surface area (TPSA) is 54.7 Å². The molecule has 1 heterocycles. The third kappa shape index (κ3) is 2.82. The molecule has 0 unspecified atom stereocenters. The van der Waals surface area contributed by atoms with Gasteiger partial charge < -0.3 is 19.4 Å². The zero-order chi connectivity index (χ0) is 13.9. The van der Waals surface area contributed by atoms with Crippen LogP contribution in [-0.2, 0) is 11.3 Å². The van der Waals surface area contributed by atoms with Crippen molar-refractivity contribution in [2.24, 2.45) is 0 Å². The van der Waals surface area contributed by atoms with E-state index in [4.69, 9.17) is 4.42 Å². The van der Waals surface area contributed by atoms with Gasteiger partial charge in [-0.05, 0) is 39.4 Å². The molecule has 0 radical (unpaired) electrons. The Bertz CT molecular complexity index is 436. The summed E-state index contributed by atoms with van der Waals surface area (Å²) in [5.74, 6) is -0.129. The molecule has 106 valence electrons. The zero-order valence-corrected chi connectivity index (χ0v) is 11.9. The van der Waals surface area contributed by atoms with Gasteiger partial charge in [0.1, 0.15) is 0 Å². The fraction of sp³-hybridized carbons (Fsp3) is 0.643. The number of likely N-dealkylation sites (N-methyl/N-ethyl adjacent to an activating group) is 1. The monoisotopic (exact) mass is 266 g/mol. The van der Waals surface area contributed by atoms with Crippen LogP contribution in [0.2, 0.25) is 0 Å². The number of carbonyl (C=O) groups excluding carboxylic acids is 1. The molecule has 1 N–H and O–H groups in total. The van der Waals surface area contributed by atoms with Gasteiger partial charge in [-0.1, -0.05) is 0 Å². The molecule has 1 aliphatic rings. The highest BCUT2D eigenvalue weighted by Gasteiger charge is 2.38. The highest BCUT2D eigenvalue weighted by atomic mass is 16.5. The van der Waals surface area contributed by atoms with Crippen molar-refractivity contribution in [1.82, 2.24) is 10.2 Å². The molecular formula is C14H22N2O3. The number of ether oxygens (including phenoxy) is 1. The van der Waals surface area contributed by atoms with E-state index in [2.05, 4.69) is 29.0 Å². The van der Waals surface area contributed by atoms with Crippen molar-refractivity contribution in [2.75, 3.05) is 27.7 Å². The molecule has 5 nitrogen and oxygen atoms in total. The van der Waals surface area contributed by atoms with Crippen LogP contribution in [0.5, 0.6) is 0 Å². The second-order valence-corrected chi connectivity index (χ2v) is 5.34. The molecule has 2 rings (SSSR count). The highest BCUT2D eigenvalue weighted by Crippen LogP contribution is 2.35. The number of nitrogens with zero attached hydrogens (tertiary/aromatic N) is 1. The Morgan fingerprint density at radius 2 is 2.26 bits per heavy atom. The van der Waals surface area contributed by atoms with Gasteiger partial charge in [-0.25, -0.2) is 4.79 Å². The van der Waals surface area contributed by atoms with E-state index < -0.39 is 5.97 Å². The van der Waals surface area contributed by atoms with Crippen LogP contribution < -0.4 is 5.32 Å². The standard InChI is InChI=1S/C14H22N2O3/c1-16(2)14(6-4-7-14)10-15-9-11-5-8-19-12(11)13(17)18-3/h5,8,15H,4,6-7,9-10H2,1-3H3. The Labute approximate surface area is 113 Å². The first kappa shape index (κ1) is 14.1. The zero-order valence-electron chi connectivity index (χ0n) is 11.9. The van der Waals surface area contributed by atoms with Gasteiger partial charge in [0.05, 0.1) is 13.4 Å². The SMILES string of the molecule is COC(=O)c1occc1CNCC1(N(C)C)CCC1. The van der Waals surface area contributed by atoms with Gasteiger partial charge in [-0.15, -0.1) is 0 Å². The summed E-state index contributed by atoms with van der Waals surface area (Å²) in [7, 11) is 5.61. The number of esters is 1. The molecule has 19 heavy (non-hydrogen) atoms. The van der Waals surface area contributed by atoms with E-state index >= 15 is 0 Å². The molecule has 1 aliphatic carbocycles. The summed E-state index contributed by atoms with van der Waals surface area (Å²) in [6.07, 6.45) is 5.26. The van der Waals surface area contributed by atoms with Gasteiger partial charge >= 0.3 is 5.97 Å². The first-order valence-corrected chi connectivity index (χ1v) is 6.62. The summed E-state index contributed by atoms with van der Waals surface area (Å²) < 4.78 is 9.85. The molecule has 0 aromatic carbocycles. The number of hydrogen-bond donors (Lipinski definition) is 1. The van der Waals surface area contributed by atoms with Crippen molar-refractivity contribution < 1.29 is 13.9 Å². The summed E-state index contributed by atoms with van der Waals surface area (Å²) in [4.78, 5) is 13.8. The summed E-state index contributed by atoms with van der Waals surface area (Å²) >= 11 is 0. The minimum absolute atomic E-state index is 0.273. The van der Waals surface area contributed by atoms with Crippen LogP contribution in [0, 0.1) is 0 Å². The third-order valence-corrected chi connectivity index (χ3v) is 4.12. The molecule has 0 atom stereocenters. The Kier molecular flexibility index (Phi) is 4.27. The summed E-state index contributed by atoms with van der Waals surface area (Å²) in [5, 5.41) is 3.42. The molecule has 0 spiro atoms. The number of methoxy groups -OCH3 is 1. The molecule has 1 fully saturated rings. The van der Waals surface area contributed by atoms with Crippen molar-refractivity contribution in [2.45, 2.75) is 31.3 Å². The number of nitrogens with one attached hydrogen (secondary N) is 1. The maximum Gasteiger partial charge on any atom is 0.374 e. The quantitative estimate of drug-likeness (QED) is 0.793. The van der Waals surface area contributed by atoms with Crippen LogP contribution in [0.25, 0.3) is 0 Å². The van der Waals surface area contributed by atoms with E-state index in [0.717, 1.165) is 12.1 Å². The lowest BCUT2D eigenvalue weighted by molar-refractivity contribution is 0.0558. The van der Waals surface area contributed by atoms with Gasteiger partial charge in [0, 0.05) is 24.2 Å². The first-order chi connectivity index (χ1) is 9.09. The molecule has 5 heteroatoms. The number of carbonyl (C=O) groups is 1. The molecule has 0 aliphatic heterocycles. The van der Waals surface area contributed by atoms with Crippen molar-refractivity contribution in [3.05, 3.63) is 23.7 Å². The molecule has 0 bridgehead atoms. The Morgan fingerprint density at radius 1 is 1.53 bits per heavy atom. The van der Waals surface area contributed by atoms with Crippen molar-refractivity contribution in [3.8, 4) is 0 Å². The maximum atomic E-state index is 11.5. The van der Waals surface area contributed by atoms with E-state index in [1.807, 2.05) is 6.07 Å². The minimum Gasteiger partial charge on any atom is -0.463 e. The second-order valence-electron chi connectivity index (χ2n) is 5.34. The molecule has 0 saturated heterocycles. The largest absolute Gasteiger partial charge is 0.463 e. The van der Waals surface area contributed by atoms with Crippen molar-refractivity contribution >= 4 is 5.97 Å². The third-order valence-electron chi connectivity index (χ3n) is 4.12. The Balaban J connectivity index is 1.89. The number of rotatable bonds is 6. The number of hydrogen-bond acceptors (Lipinski definition) is 5. The number of furan rings is 1. The van der Waals surface area contributed by atoms with Gasteiger partial charge in [0.25, 0.3) is 0 Å². The maximum absolute atomic E-state index is 11.5. The van der Waals surface area contributed by atoms with Gasteiger partial charge in [0.15, 0.2) is 0 Å². The van der Waals surface area contributed by atoms with Crippen molar-refractivity contribution in [1.29, 1.82) is 0 Å².